The Morgan fingerprint density at radius 3 is 2.80 bits per heavy atom. The van der Waals surface area contributed by atoms with E-state index in [0.29, 0.717) is 11.4 Å². The van der Waals surface area contributed by atoms with Gasteiger partial charge in [-0.25, -0.2) is 0 Å². The van der Waals surface area contributed by atoms with Crippen LogP contribution in [0.25, 0.3) is 0 Å². The van der Waals surface area contributed by atoms with Crippen molar-refractivity contribution in [3.05, 3.63) is 5.56 Å². The largest absolute Gasteiger partial charge is 0.382 e. The quantitative estimate of drug-likeness (QED) is 0.738. The molecule has 2 rings (SSSR count). The number of carbonyl (C=O) groups is 1. The van der Waals surface area contributed by atoms with E-state index in [1.165, 1.54) is 37.5 Å². The lowest BCUT2D eigenvalue weighted by Gasteiger charge is -2.15. The van der Waals surface area contributed by atoms with Gasteiger partial charge in [0, 0.05) is 19.1 Å². The average molecular weight is 297 g/mol. The Balaban J connectivity index is 1.92. The fraction of sp³-hybridized carbons (Fsp3) is 0.692. The maximum absolute atomic E-state index is 12.1. The summed E-state index contributed by atoms with van der Waals surface area (Å²) in [7, 11) is 0. The number of nitrogens with two attached hydrogens (primary N) is 1. The van der Waals surface area contributed by atoms with Gasteiger partial charge in [0.05, 0.1) is 0 Å². The Labute approximate surface area is 123 Å². The maximum atomic E-state index is 12.1. The molecule has 1 amide bonds. The molecule has 7 heteroatoms. The molecule has 1 aromatic rings. The number of carbonyl (C=O) groups excluding carboxylic acids is 1. The summed E-state index contributed by atoms with van der Waals surface area (Å²) in [6.45, 7) is 8.00. The highest BCUT2D eigenvalue weighted by Gasteiger charge is 2.20. The minimum atomic E-state index is -0.157. The molecule has 0 aliphatic carbocycles. The zero-order chi connectivity index (χ0) is 14.5. The number of hydrogen-bond acceptors (Lipinski definition) is 6. The fourth-order valence-corrected chi connectivity index (χ4v) is 3.05. The van der Waals surface area contributed by atoms with Crippen molar-refractivity contribution in [2.45, 2.75) is 32.7 Å². The van der Waals surface area contributed by atoms with Crippen LogP contribution in [-0.4, -0.2) is 47.4 Å². The number of nitrogen functional groups attached to an aromatic ring is 1. The third kappa shape index (κ3) is 3.83. The van der Waals surface area contributed by atoms with E-state index < -0.39 is 0 Å². The molecule has 1 aliphatic heterocycles. The van der Waals surface area contributed by atoms with Gasteiger partial charge in [0.15, 0.2) is 5.82 Å². The van der Waals surface area contributed by atoms with Gasteiger partial charge in [-0.3, -0.25) is 4.79 Å². The number of rotatable bonds is 6. The number of hydrogen-bond donors (Lipinski definition) is 3. The molecule has 0 unspecified atom stereocenters. The summed E-state index contributed by atoms with van der Waals surface area (Å²) in [4.78, 5) is 14.5. The smallest absolute Gasteiger partial charge is 0.258 e. The molecule has 1 aromatic heterocycles. The summed E-state index contributed by atoms with van der Waals surface area (Å²) in [6.07, 6.45) is 2.57. The van der Waals surface area contributed by atoms with Crippen LogP contribution in [-0.2, 0) is 0 Å². The molecule has 112 valence electrons. The second kappa shape index (κ2) is 6.90. The Hall–Kier alpha value is -1.34. The van der Waals surface area contributed by atoms with Crippen molar-refractivity contribution >= 4 is 28.3 Å². The molecule has 4 N–H and O–H groups in total. The lowest BCUT2D eigenvalue weighted by atomic mass is 10.2. The summed E-state index contributed by atoms with van der Waals surface area (Å²) in [5.74, 6) is 0.145. The highest BCUT2D eigenvalue weighted by atomic mass is 32.1. The molecule has 0 spiro atoms. The number of amides is 1. The fourth-order valence-electron chi connectivity index (χ4n) is 2.31. The first-order valence-corrected chi connectivity index (χ1v) is 7.87. The van der Waals surface area contributed by atoms with Crippen molar-refractivity contribution in [3.8, 4) is 0 Å². The van der Waals surface area contributed by atoms with Gasteiger partial charge in [-0.15, -0.1) is 0 Å². The molecule has 1 fully saturated rings. The normalized spacial score (nSPS) is 15.8. The van der Waals surface area contributed by atoms with Crippen molar-refractivity contribution in [3.63, 3.8) is 0 Å². The number of nitrogens with zero attached hydrogens (tertiary/aromatic N) is 2. The summed E-state index contributed by atoms with van der Waals surface area (Å²) < 4.78 is 4.08. The van der Waals surface area contributed by atoms with Crippen LogP contribution in [0.2, 0.25) is 0 Å². The Morgan fingerprint density at radius 2 is 2.15 bits per heavy atom. The number of likely N-dealkylation sites (tertiary alicyclic amines) is 1. The molecule has 1 aliphatic rings. The van der Waals surface area contributed by atoms with Gasteiger partial charge >= 0.3 is 0 Å². The van der Waals surface area contributed by atoms with Gasteiger partial charge in [-0.1, -0.05) is 0 Å². The Bertz CT molecular complexity index is 454. The van der Waals surface area contributed by atoms with Crippen LogP contribution >= 0.6 is 11.5 Å². The summed E-state index contributed by atoms with van der Waals surface area (Å²) in [5.41, 5.74) is 6.28. The van der Waals surface area contributed by atoms with Gasteiger partial charge in [-0.2, -0.15) is 4.37 Å². The highest BCUT2D eigenvalue weighted by Crippen LogP contribution is 2.26. The van der Waals surface area contributed by atoms with Gasteiger partial charge in [0.1, 0.15) is 10.6 Å². The van der Waals surface area contributed by atoms with E-state index in [1.54, 1.807) is 0 Å². The zero-order valence-corrected chi connectivity index (χ0v) is 12.9. The SMILES string of the molecule is CC(C)NC(=O)c1c(N)nsc1NCCN1CCCC1. The molecule has 0 saturated carbocycles. The molecule has 0 bridgehead atoms. The van der Waals surface area contributed by atoms with Crippen molar-refractivity contribution < 1.29 is 4.79 Å². The Kier molecular flexibility index (Phi) is 5.19. The molecule has 20 heavy (non-hydrogen) atoms. The number of anilines is 2. The van der Waals surface area contributed by atoms with E-state index >= 15 is 0 Å². The van der Waals surface area contributed by atoms with Gasteiger partial charge in [-0.05, 0) is 51.3 Å². The number of nitrogens with one attached hydrogen (secondary N) is 2. The second-order valence-electron chi connectivity index (χ2n) is 5.38. The summed E-state index contributed by atoms with van der Waals surface area (Å²) >= 11 is 1.25. The van der Waals surface area contributed by atoms with Crippen molar-refractivity contribution in [1.29, 1.82) is 0 Å². The summed E-state index contributed by atoms with van der Waals surface area (Å²) in [6, 6.07) is 0.0826. The zero-order valence-electron chi connectivity index (χ0n) is 12.1. The van der Waals surface area contributed by atoms with Crippen LogP contribution in [0, 0.1) is 0 Å². The third-order valence-corrected chi connectivity index (χ3v) is 4.10. The average Bonchev–Trinajstić information content (AvgIpc) is 2.98. The lowest BCUT2D eigenvalue weighted by molar-refractivity contribution is 0.0945. The minimum Gasteiger partial charge on any atom is -0.382 e. The third-order valence-electron chi connectivity index (χ3n) is 3.28. The first-order chi connectivity index (χ1) is 9.58. The molecular formula is C13H23N5OS. The van der Waals surface area contributed by atoms with Crippen LogP contribution in [0.4, 0.5) is 10.8 Å². The molecular weight excluding hydrogens is 274 g/mol. The molecule has 0 atom stereocenters. The van der Waals surface area contributed by atoms with Crippen LogP contribution in [0.3, 0.4) is 0 Å². The molecule has 1 saturated heterocycles. The van der Waals surface area contributed by atoms with E-state index in [-0.39, 0.29) is 11.9 Å². The standard InChI is InChI=1S/C13H23N5OS/c1-9(2)16-12(19)10-11(14)17-20-13(10)15-5-8-18-6-3-4-7-18/h9,15H,3-8H2,1-2H3,(H2,14,17)(H,16,19). The van der Waals surface area contributed by atoms with E-state index in [2.05, 4.69) is 19.9 Å². The molecule has 0 radical (unpaired) electrons. The van der Waals surface area contributed by atoms with E-state index in [9.17, 15) is 4.79 Å². The van der Waals surface area contributed by atoms with E-state index in [1.807, 2.05) is 13.8 Å². The minimum absolute atomic E-state index is 0.0826. The van der Waals surface area contributed by atoms with E-state index in [4.69, 9.17) is 5.73 Å². The van der Waals surface area contributed by atoms with Crippen LogP contribution < -0.4 is 16.4 Å². The van der Waals surface area contributed by atoms with Crippen molar-refractivity contribution in [2.75, 3.05) is 37.2 Å². The van der Waals surface area contributed by atoms with Gasteiger partial charge in [0.2, 0.25) is 0 Å². The Morgan fingerprint density at radius 1 is 1.45 bits per heavy atom. The monoisotopic (exact) mass is 297 g/mol. The predicted molar refractivity (Wildman–Crippen MR) is 83.3 cm³/mol. The van der Waals surface area contributed by atoms with Crippen LogP contribution in [0.1, 0.15) is 37.0 Å². The molecule has 6 nitrogen and oxygen atoms in total. The van der Waals surface area contributed by atoms with Crippen LogP contribution in [0.15, 0.2) is 0 Å². The molecule has 2 heterocycles. The maximum Gasteiger partial charge on any atom is 0.258 e. The summed E-state index contributed by atoms with van der Waals surface area (Å²) in [5, 5.41) is 6.91. The van der Waals surface area contributed by atoms with Crippen LogP contribution in [0.5, 0.6) is 0 Å². The van der Waals surface area contributed by atoms with E-state index in [0.717, 1.165) is 18.1 Å². The topological polar surface area (TPSA) is 83.3 Å². The first-order valence-electron chi connectivity index (χ1n) is 7.10. The molecule has 0 aromatic carbocycles. The van der Waals surface area contributed by atoms with Crippen molar-refractivity contribution in [1.82, 2.24) is 14.6 Å². The van der Waals surface area contributed by atoms with Gasteiger partial charge in [0.25, 0.3) is 5.91 Å². The predicted octanol–water partition coefficient (Wildman–Crippen LogP) is 1.37. The highest BCUT2D eigenvalue weighted by molar-refractivity contribution is 7.11. The number of aromatic nitrogens is 1. The second-order valence-corrected chi connectivity index (χ2v) is 6.15. The van der Waals surface area contributed by atoms with Gasteiger partial charge < -0.3 is 21.3 Å². The van der Waals surface area contributed by atoms with Crippen molar-refractivity contribution in [2.24, 2.45) is 0 Å². The first kappa shape index (κ1) is 15.1. The lowest BCUT2D eigenvalue weighted by Crippen LogP contribution is -2.31.